The van der Waals surface area contributed by atoms with Crippen molar-refractivity contribution in [3.05, 3.63) is 0 Å². The molecule has 70 valence electrons. The van der Waals surface area contributed by atoms with Gasteiger partial charge in [0.15, 0.2) is 0 Å². The van der Waals surface area contributed by atoms with Crippen LogP contribution in [-0.2, 0) is 4.74 Å². The lowest BCUT2D eigenvalue weighted by Crippen LogP contribution is -2.31. The first-order chi connectivity index (χ1) is 5.95. The van der Waals surface area contributed by atoms with Crippen molar-refractivity contribution in [1.29, 1.82) is 0 Å². The highest BCUT2D eigenvalue weighted by molar-refractivity contribution is 4.74. The summed E-state index contributed by atoms with van der Waals surface area (Å²) in [4.78, 5) is 0. The van der Waals surface area contributed by atoms with E-state index in [0.29, 0.717) is 0 Å². The second kappa shape index (κ2) is 4.24. The summed E-state index contributed by atoms with van der Waals surface area (Å²) in [6.07, 6.45) is 5.51. The minimum absolute atomic E-state index is 0.870. The van der Waals surface area contributed by atoms with Crippen LogP contribution >= 0.6 is 0 Å². The fourth-order valence-corrected chi connectivity index (χ4v) is 2.37. The van der Waals surface area contributed by atoms with E-state index in [4.69, 9.17) is 4.74 Å². The minimum Gasteiger partial charge on any atom is -0.381 e. The first-order valence-corrected chi connectivity index (χ1v) is 5.23. The van der Waals surface area contributed by atoms with E-state index in [2.05, 4.69) is 5.32 Å². The van der Waals surface area contributed by atoms with Gasteiger partial charge in [0.1, 0.15) is 0 Å². The molecule has 0 bridgehead atoms. The van der Waals surface area contributed by atoms with Crippen molar-refractivity contribution in [1.82, 2.24) is 5.32 Å². The van der Waals surface area contributed by atoms with E-state index < -0.39 is 0 Å². The Kier molecular flexibility index (Phi) is 3.01. The summed E-state index contributed by atoms with van der Waals surface area (Å²) in [5, 5.41) is 3.47. The number of hydrogen-bond acceptors (Lipinski definition) is 2. The van der Waals surface area contributed by atoms with Gasteiger partial charge in [0, 0.05) is 13.2 Å². The summed E-state index contributed by atoms with van der Waals surface area (Å²) >= 11 is 0. The van der Waals surface area contributed by atoms with Crippen molar-refractivity contribution >= 4 is 0 Å². The molecule has 12 heavy (non-hydrogen) atoms. The minimum atomic E-state index is 0.870. The van der Waals surface area contributed by atoms with Crippen molar-refractivity contribution in [2.45, 2.75) is 25.7 Å². The molecule has 2 atom stereocenters. The Labute approximate surface area is 74.7 Å². The number of piperidine rings is 1. The van der Waals surface area contributed by atoms with Gasteiger partial charge in [-0.05, 0) is 50.6 Å². The van der Waals surface area contributed by atoms with Crippen LogP contribution in [0.2, 0.25) is 0 Å². The predicted molar refractivity (Wildman–Crippen MR) is 49.1 cm³/mol. The molecule has 2 saturated heterocycles. The molecule has 0 spiro atoms. The fraction of sp³-hybridized carbons (Fsp3) is 1.00. The maximum atomic E-state index is 5.38. The first kappa shape index (κ1) is 8.52. The molecule has 2 heterocycles. The summed E-state index contributed by atoms with van der Waals surface area (Å²) in [6.45, 7) is 4.51. The Morgan fingerprint density at radius 2 is 2.25 bits per heavy atom. The molecule has 0 saturated carbocycles. The topological polar surface area (TPSA) is 21.3 Å². The first-order valence-electron chi connectivity index (χ1n) is 5.23. The van der Waals surface area contributed by atoms with Crippen molar-refractivity contribution in [2.75, 3.05) is 26.3 Å². The lowest BCUT2D eigenvalue weighted by atomic mass is 9.89. The zero-order valence-electron chi connectivity index (χ0n) is 7.72. The van der Waals surface area contributed by atoms with Gasteiger partial charge in [0.05, 0.1) is 0 Å². The predicted octanol–water partition coefficient (Wildman–Crippen LogP) is 1.41. The second-order valence-electron chi connectivity index (χ2n) is 4.18. The Hall–Kier alpha value is -0.0800. The molecule has 0 unspecified atom stereocenters. The summed E-state index contributed by atoms with van der Waals surface area (Å²) < 4.78 is 5.38. The molecule has 1 N–H and O–H groups in total. The summed E-state index contributed by atoms with van der Waals surface area (Å²) in [7, 11) is 0. The Bertz CT molecular complexity index is 126. The van der Waals surface area contributed by atoms with Gasteiger partial charge in [-0.1, -0.05) is 0 Å². The van der Waals surface area contributed by atoms with Crippen molar-refractivity contribution in [3.8, 4) is 0 Å². The molecule has 2 aliphatic rings. The normalized spacial score (nSPS) is 37.0. The molecule has 2 fully saturated rings. The van der Waals surface area contributed by atoms with Crippen LogP contribution in [0.3, 0.4) is 0 Å². The standard InChI is InChI=1S/C10H19NO/c1-2-9(7-11-4-1)6-10-3-5-12-8-10/h9-11H,1-8H2/t9-,10+/m1/s1. The molecule has 2 rings (SSSR count). The monoisotopic (exact) mass is 169 g/mol. The molecular formula is C10H19NO. The number of nitrogens with one attached hydrogen (secondary N) is 1. The van der Waals surface area contributed by atoms with E-state index in [1.807, 2.05) is 0 Å². The van der Waals surface area contributed by atoms with Crippen molar-refractivity contribution in [3.63, 3.8) is 0 Å². The average molecular weight is 169 g/mol. The van der Waals surface area contributed by atoms with Gasteiger partial charge in [-0.3, -0.25) is 0 Å². The number of rotatable bonds is 2. The molecule has 0 aromatic rings. The van der Waals surface area contributed by atoms with Crippen LogP contribution in [0.15, 0.2) is 0 Å². The smallest absolute Gasteiger partial charge is 0.0495 e. The third-order valence-electron chi connectivity index (χ3n) is 3.09. The van der Waals surface area contributed by atoms with Gasteiger partial charge in [0.2, 0.25) is 0 Å². The van der Waals surface area contributed by atoms with Crippen LogP contribution in [0.5, 0.6) is 0 Å². The van der Waals surface area contributed by atoms with Crippen LogP contribution in [-0.4, -0.2) is 26.3 Å². The third kappa shape index (κ3) is 2.20. The largest absolute Gasteiger partial charge is 0.381 e. The van der Waals surface area contributed by atoms with Gasteiger partial charge in [0.25, 0.3) is 0 Å². The SMILES string of the molecule is C1CNC[C@@H](C[C@@H]2CCOC2)C1. The number of hydrogen-bond donors (Lipinski definition) is 1. The van der Waals surface area contributed by atoms with Crippen molar-refractivity contribution in [2.24, 2.45) is 11.8 Å². The van der Waals surface area contributed by atoms with E-state index in [9.17, 15) is 0 Å². The van der Waals surface area contributed by atoms with Gasteiger partial charge < -0.3 is 10.1 Å². The van der Waals surface area contributed by atoms with E-state index in [-0.39, 0.29) is 0 Å². The summed E-state index contributed by atoms with van der Waals surface area (Å²) in [5.74, 6) is 1.81. The molecule has 2 nitrogen and oxygen atoms in total. The second-order valence-corrected chi connectivity index (χ2v) is 4.18. The van der Waals surface area contributed by atoms with Crippen molar-refractivity contribution < 1.29 is 4.74 Å². The zero-order chi connectivity index (χ0) is 8.23. The van der Waals surface area contributed by atoms with Crippen LogP contribution in [0.1, 0.15) is 25.7 Å². The molecule has 0 aromatic heterocycles. The molecule has 0 amide bonds. The van der Waals surface area contributed by atoms with E-state index in [0.717, 1.165) is 25.0 Å². The summed E-state index contributed by atoms with van der Waals surface area (Å²) in [5.41, 5.74) is 0. The quantitative estimate of drug-likeness (QED) is 0.675. The summed E-state index contributed by atoms with van der Waals surface area (Å²) in [6, 6.07) is 0. The lowest BCUT2D eigenvalue weighted by molar-refractivity contribution is 0.177. The number of ether oxygens (including phenoxy) is 1. The molecule has 0 radical (unpaired) electrons. The van der Waals surface area contributed by atoms with E-state index in [1.165, 1.54) is 38.8 Å². The molecular weight excluding hydrogens is 150 g/mol. The highest BCUT2D eigenvalue weighted by atomic mass is 16.5. The highest BCUT2D eigenvalue weighted by Crippen LogP contribution is 2.24. The van der Waals surface area contributed by atoms with Crippen LogP contribution in [0.25, 0.3) is 0 Å². The lowest BCUT2D eigenvalue weighted by Gasteiger charge is -2.24. The van der Waals surface area contributed by atoms with Gasteiger partial charge in [-0.2, -0.15) is 0 Å². The zero-order valence-corrected chi connectivity index (χ0v) is 7.72. The fourth-order valence-electron chi connectivity index (χ4n) is 2.37. The Morgan fingerprint density at radius 3 is 2.92 bits per heavy atom. The third-order valence-corrected chi connectivity index (χ3v) is 3.09. The molecule has 0 aliphatic carbocycles. The van der Waals surface area contributed by atoms with Gasteiger partial charge >= 0.3 is 0 Å². The van der Waals surface area contributed by atoms with Crippen LogP contribution in [0.4, 0.5) is 0 Å². The average Bonchev–Trinajstić information content (AvgIpc) is 2.59. The molecule has 2 aliphatic heterocycles. The van der Waals surface area contributed by atoms with Crippen LogP contribution in [0, 0.1) is 11.8 Å². The van der Waals surface area contributed by atoms with Gasteiger partial charge in [-0.15, -0.1) is 0 Å². The molecule has 2 heteroatoms. The van der Waals surface area contributed by atoms with E-state index >= 15 is 0 Å². The van der Waals surface area contributed by atoms with Gasteiger partial charge in [-0.25, -0.2) is 0 Å². The Balaban J connectivity index is 1.69. The van der Waals surface area contributed by atoms with E-state index in [1.54, 1.807) is 0 Å². The van der Waals surface area contributed by atoms with Crippen LogP contribution < -0.4 is 5.32 Å². The maximum absolute atomic E-state index is 5.38. The Morgan fingerprint density at radius 1 is 1.25 bits per heavy atom. The maximum Gasteiger partial charge on any atom is 0.0495 e. The molecule has 0 aromatic carbocycles. The highest BCUT2D eigenvalue weighted by Gasteiger charge is 2.21.